The zero-order valence-electron chi connectivity index (χ0n) is 13.6. The quantitative estimate of drug-likeness (QED) is 0.607. The average Bonchev–Trinajstić information content (AvgIpc) is 2.81. The molecule has 2 N–H and O–H groups in total. The Balaban J connectivity index is 2.16. The van der Waals surface area contributed by atoms with Gasteiger partial charge in [0.2, 0.25) is 5.91 Å². The maximum atomic E-state index is 12.3. The van der Waals surface area contributed by atoms with Crippen molar-refractivity contribution in [1.82, 2.24) is 14.7 Å². The first-order valence-corrected chi connectivity index (χ1v) is 5.96. The molecule has 2 heterocycles. The highest BCUT2D eigenvalue weighted by Crippen LogP contribution is 2.14. The highest BCUT2D eigenvalue weighted by molar-refractivity contribution is 6.08. The predicted octanol–water partition coefficient (Wildman–Crippen LogP) is -0.178. The monoisotopic (exact) mass is 269 g/mol. The lowest BCUT2D eigenvalue weighted by molar-refractivity contribution is -0.138. The van der Waals surface area contributed by atoms with E-state index in [2.05, 4.69) is 5.10 Å². The van der Waals surface area contributed by atoms with Crippen LogP contribution in [0.2, 0.25) is 0 Å². The van der Waals surface area contributed by atoms with Crippen LogP contribution < -0.4 is 5.73 Å². The van der Waals surface area contributed by atoms with Crippen LogP contribution in [0.4, 0.5) is 5.69 Å². The number of nitrogens with zero attached hydrogens (tertiary/aromatic N) is 3. The van der Waals surface area contributed by atoms with Gasteiger partial charge >= 0.3 is 0 Å². The summed E-state index contributed by atoms with van der Waals surface area (Å²) in [6.45, 7) is 0.427. The Hall–Kier alpha value is -1.89. The van der Waals surface area contributed by atoms with Crippen LogP contribution in [-0.4, -0.2) is 52.2 Å². The highest BCUT2D eigenvalue weighted by atomic mass is 16.5. The van der Waals surface area contributed by atoms with E-state index < -0.39 is 19.2 Å². The van der Waals surface area contributed by atoms with Crippen LogP contribution in [0, 0.1) is 0 Å². The van der Waals surface area contributed by atoms with E-state index in [1.807, 2.05) is 6.92 Å². The van der Waals surface area contributed by atoms with Crippen molar-refractivity contribution in [2.45, 2.75) is 19.4 Å². The molecule has 0 aliphatic carbocycles. The largest absolute Gasteiger partial charge is 0.396 e. The van der Waals surface area contributed by atoms with Crippen LogP contribution >= 0.6 is 0 Å². The molecule has 0 saturated carbocycles. The Morgan fingerprint density at radius 1 is 1.68 bits per heavy atom. The van der Waals surface area contributed by atoms with Gasteiger partial charge in [-0.3, -0.25) is 14.3 Å². The lowest BCUT2D eigenvalue weighted by Gasteiger charge is -2.33. The fourth-order valence-corrected chi connectivity index (χ4v) is 2.06. The van der Waals surface area contributed by atoms with E-state index in [9.17, 15) is 9.59 Å². The third-order valence-electron chi connectivity index (χ3n) is 3.06. The Morgan fingerprint density at radius 2 is 2.47 bits per heavy atom. The van der Waals surface area contributed by atoms with Gasteiger partial charge < -0.3 is 15.4 Å². The molecule has 1 atom stereocenters. The van der Waals surface area contributed by atoms with Crippen LogP contribution in [0.25, 0.3) is 0 Å². The lowest BCUT2D eigenvalue weighted by atomic mass is 10.1. The van der Waals surface area contributed by atoms with Gasteiger partial charge in [-0.2, -0.15) is 5.10 Å². The normalized spacial score (nSPS) is 22.5. The Labute approximate surface area is 115 Å². The topological polar surface area (TPSA) is 90.5 Å². The van der Waals surface area contributed by atoms with Gasteiger partial charge in [0, 0.05) is 17.6 Å². The predicted molar refractivity (Wildman–Crippen MR) is 68.6 cm³/mol. The molecule has 0 bridgehead atoms. The molecule has 2 rings (SSSR count). The first-order valence-electron chi connectivity index (χ1n) is 7.46. The second-order valence-electron chi connectivity index (χ2n) is 4.47. The van der Waals surface area contributed by atoms with Gasteiger partial charge in [-0.25, -0.2) is 0 Å². The molecular formula is C12H18N4O3. The van der Waals surface area contributed by atoms with Gasteiger partial charge in [-0.1, -0.05) is 0 Å². The first-order chi connectivity index (χ1) is 10.2. The summed E-state index contributed by atoms with van der Waals surface area (Å²) in [5.74, 6) is -1.03. The summed E-state index contributed by atoms with van der Waals surface area (Å²) in [7, 11) is 0. The number of ether oxygens (including phenoxy) is 1. The lowest BCUT2D eigenvalue weighted by Crippen LogP contribution is -2.47. The molecule has 1 saturated heterocycles. The van der Waals surface area contributed by atoms with Gasteiger partial charge in [-0.05, 0) is 6.92 Å². The summed E-state index contributed by atoms with van der Waals surface area (Å²) in [4.78, 5) is 26.1. The van der Waals surface area contributed by atoms with Crippen molar-refractivity contribution in [1.29, 1.82) is 0 Å². The molecule has 0 spiro atoms. The van der Waals surface area contributed by atoms with Crippen molar-refractivity contribution in [2.24, 2.45) is 6.98 Å². The molecule has 104 valence electrons. The number of nitrogen functional groups attached to an aromatic ring is 1. The van der Waals surface area contributed by atoms with Crippen molar-refractivity contribution < 1.29 is 18.4 Å². The third-order valence-corrected chi connectivity index (χ3v) is 3.06. The van der Waals surface area contributed by atoms with Crippen molar-refractivity contribution >= 4 is 17.4 Å². The second-order valence-corrected chi connectivity index (χ2v) is 4.47. The van der Waals surface area contributed by atoms with Crippen LogP contribution in [0.5, 0.6) is 0 Å². The Bertz CT molecular complexity index is 585. The Morgan fingerprint density at radius 3 is 3.16 bits per heavy atom. The van der Waals surface area contributed by atoms with E-state index in [1.54, 1.807) is 4.90 Å². The van der Waals surface area contributed by atoms with Crippen LogP contribution in [0.15, 0.2) is 6.20 Å². The molecule has 1 fully saturated rings. The summed E-state index contributed by atoms with van der Waals surface area (Å²) in [5.41, 5.74) is 5.31. The smallest absolute Gasteiger partial charge is 0.230 e. The molecule has 1 aliphatic rings. The first kappa shape index (κ1) is 9.96. The average molecular weight is 269 g/mol. The van der Waals surface area contributed by atoms with Crippen molar-refractivity contribution in [3.8, 4) is 0 Å². The van der Waals surface area contributed by atoms with E-state index >= 15 is 0 Å². The fraction of sp³-hybridized carbons (Fsp3) is 0.583. The fourth-order valence-electron chi connectivity index (χ4n) is 2.06. The van der Waals surface area contributed by atoms with Gasteiger partial charge in [-0.15, -0.1) is 0 Å². The number of aromatic nitrogens is 2. The molecule has 0 radical (unpaired) electrons. The molecule has 7 heteroatoms. The van der Waals surface area contributed by atoms with E-state index in [0.717, 1.165) is 6.20 Å². The standard InChI is InChI=1S/C12H18N4O3/c1-8-7-19-4-3-16(8)11(18)5-10(17)12-9(13)6-14-15(12)2/h6,8H,3-5,7,13H2,1-2H3/t8-/m1/s1/i2D3. The molecule has 0 aromatic carbocycles. The number of carbonyl (C=O) groups is 2. The summed E-state index contributed by atoms with van der Waals surface area (Å²) < 4.78 is 27.9. The second kappa shape index (κ2) is 5.40. The van der Waals surface area contributed by atoms with E-state index in [1.165, 1.54) is 0 Å². The number of rotatable bonds is 3. The van der Waals surface area contributed by atoms with Crippen molar-refractivity contribution in [3.63, 3.8) is 0 Å². The van der Waals surface area contributed by atoms with E-state index in [0.29, 0.717) is 24.4 Å². The third kappa shape index (κ3) is 2.76. The minimum atomic E-state index is -2.63. The van der Waals surface area contributed by atoms with Gasteiger partial charge in [0.25, 0.3) is 0 Å². The number of ketones is 1. The number of anilines is 1. The van der Waals surface area contributed by atoms with Crippen molar-refractivity contribution in [2.75, 3.05) is 25.5 Å². The van der Waals surface area contributed by atoms with Gasteiger partial charge in [0.1, 0.15) is 5.69 Å². The summed E-state index contributed by atoms with van der Waals surface area (Å²) in [6.07, 6.45) is 0.651. The molecule has 0 unspecified atom stereocenters. The molecule has 1 aromatic heterocycles. The van der Waals surface area contributed by atoms with Crippen LogP contribution in [0.1, 0.15) is 27.9 Å². The molecular weight excluding hydrogens is 248 g/mol. The maximum absolute atomic E-state index is 12.3. The van der Waals surface area contributed by atoms with Crippen LogP contribution in [-0.2, 0) is 16.5 Å². The summed E-state index contributed by atoms with van der Waals surface area (Å²) in [6, 6.07) is -0.126. The maximum Gasteiger partial charge on any atom is 0.230 e. The zero-order valence-corrected chi connectivity index (χ0v) is 10.6. The summed E-state index contributed by atoms with van der Waals surface area (Å²) in [5, 5.41) is 3.61. The zero-order chi connectivity index (χ0) is 16.5. The van der Waals surface area contributed by atoms with Gasteiger partial charge in [0.05, 0.1) is 37.6 Å². The minimum Gasteiger partial charge on any atom is -0.396 e. The number of nitrogens with two attached hydrogens (primary N) is 1. The highest BCUT2D eigenvalue weighted by Gasteiger charge is 2.27. The molecule has 19 heavy (non-hydrogen) atoms. The number of Topliss-reactive ketones (excluding diaryl/α,β-unsaturated/α-hetero) is 1. The SMILES string of the molecule is [2H]C([2H])([2H])n1ncc(N)c1C(=O)CC(=O)N1CCOC[C@H]1C. The number of carbonyl (C=O) groups excluding carboxylic acids is 2. The molecule has 1 aromatic rings. The molecule has 1 amide bonds. The number of hydrogen-bond donors (Lipinski definition) is 1. The number of amides is 1. The number of hydrogen-bond acceptors (Lipinski definition) is 5. The molecule has 1 aliphatic heterocycles. The number of morpholine rings is 1. The van der Waals surface area contributed by atoms with E-state index in [4.69, 9.17) is 14.6 Å². The molecule has 7 nitrogen and oxygen atoms in total. The number of aryl methyl sites for hydroxylation is 1. The Kier molecular flexibility index (Phi) is 2.83. The summed E-state index contributed by atoms with van der Waals surface area (Å²) >= 11 is 0. The van der Waals surface area contributed by atoms with Crippen LogP contribution in [0.3, 0.4) is 0 Å². The van der Waals surface area contributed by atoms with Gasteiger partial charge in [0.15, 0.2) is 5.78 Å². The minimum absolute atomic E-state index is 0.0519. The van der Waals surface area contributed by atoms with Crippen molar-refractivity contribution in [3.05, 3.63) is 11.9 Å². The van der Waals surface area contributed by atoms with E-state index in [-0.39, 0.29) is 23.3 Å².